The van der Waals surface area contributed by atoms with Crippen molar-refractivity contribution in [2.75, 3.05) is 0 Å². The van der Waals surface area contributed by atoms with Crippen molar-refractivity contribution in [2.24, 2.45) is 11.7 Å². The third-order valence-electron chi connectivity index (χ3n) is 4.99. The molecule has 3 nitrogen and oxygen atoms in total. The van der Waals surface area contributed by atoms with E-state index in [1.54, 1.807) is 0 Å². The molecule has 0 heterocycles. The minimum Gasteiger partial charge on any atom is -0.393 e. The Morgan fingerprint density at radius 1 is 1.00 bits per heavy atom. The molecule has 114 valence electrons. The molecule has 0 aromatic carbocycles. The number of hydrogen-bond donors (Lipinski definition) is 1. The lowest BCUT2D eigenvalue weighted by Gasteiger charge is -2.42. The second-order valence-corrected chi connectivity index (χ2v) is 6.92. The smallest absolute Gasteiger partial charge is 0.232 e. The maximum atomic E-state index is 12.8. The molecular weight excluding hydrogens is 268 g/mol. The van der Waals surface area contributed by atoms with Crippen LogP contribution in [0.2, 0.25) is 0 Å². The van der Waals surface area contributed by atoms with Crippen LogP contribution in [0.5, 0.6) is 0 Å². The molecule has 2 aliphatic carbocycles. The van der Waals surface area contributed by atoms with E-state index in [1.807, 2.05) is 6.92 Å². The summed E-state index contributed by atoms with van der Waals surface area (Å²) in [4.78, 5) is 15.4. The third kappa shape index (κ3) is 3.72. The number of carbonyl (C=O) groups excluding carboxylic acids is 1. The zero-order chi connectivity index (χ0) is 14.5. The lowest BCUT2D eigenvalue weighted by Crippen LogP contribution is -2.52. The van der Waals surface area contributed by atoms with Gasteiger partial charge in [-0.25, -0.2) is 0 Å². The summed E-state index contributed by atoms with van der Waals surface area (Å²) in [6.07, 6.45) is 12.3. The van der Waals surface area contributed by atoms with Gasteiger partial charge < -0.3 is 10.6 Å². The molecule has 0 aliphatic heterocycles. The molecule has 0 bridgehead atoms. The molecule has 0 saturated heterocycles. The summed E-state index contributed by atoms with van der Waals surface area (Å²) in [5, 5.41) is 0. The number of rotatable bonds is 4. The Labute approximate surface area is 128 Å². The summed E-state index contributed by atoms with van der Waals surface area (Å²) in [7, 11) is 0. The summed E-state index contributed by atoms with van der Waals surface area (Å²) >= 11 is 5.05. The average molecular weight is 296 g/mol. The van der Waals surface area contributed by atoms with Crippen LogP contribution in [0.15, 0.2) is 0 Å². The number of amides is 1. The number of thiocarbonyl (C=S) groups is 1. The fraction of sp³-hybridized carbons (Fsp3) is 0.875. The zero-order valence-electron chi connectivity index (χ0n) is 12.6. The zero-order valence-corrected chi connectivity index (χ0v) is 13.5. The molecule has 2 fully saturated rings. The van der Waals surface area contributed by atoms with Gasteiger partial charge in [-0.15, -0.1) is 0 Å². The predicted molar refractivity (Wildman–Crippen MR) is 86.5 cm³/mol. The van der Waals surface area contributed by atoms with Crippen LogP contribution < -0.4 is 5.73 Å². The van der Waals surface area contributed by atoms with Crippen LogP contribution in [0, 0.1) is 5.92 Å². The van der Waals surface area contributed by atoms with E-state index >= 15 is 0 Å². The van der Waals surface area contributed by atoms with Gasteiger partial charge in [-0.2, -0.15) is 0 Å². The van der Waals surface area contributed by atoms with Crippen LogP contribution in [0.3, 0.4) is 0 Å². The lowest BCUT2D eigenvalue weighted by atomic mass is 9.87. The van der Waals surface area contributed by atoms with Crippen molar-refractivity contribution >= 4 is 23.1 Å². The van der Waals surface area contributed by atoms with E-state index in [1.165, 1.54) is 38.5 Å². The number of carbonyl (C=O) groups is 1. The fourth-order valence-corrected chi connectivity index (χ4v) is 3.82. The second-order valence-electron chi connectivity index (χ2n) is 6.45. The number of hydrogen-bond acceptors (Lipinski definition) is 2. The molecule has 0 spiro atoms. The summed E-state index contributed by atoms with van der Waals surface area (Å²) in [6, 6.07) is 0.854. The standard InChI is InChI=1S/C16H28N2OS/c1-12(15(17)20)16(19)18(13-8-4-2-5-9-13)14-10-6-3-7-11-14/h12-14H,2-11H2,1H3,(H2,17,20). The van der Waals surface area contributed by atoms with Crippen LogP contribution in [0.25, 0.3) is 0 Å². The van der Waals surface area contributed by atoms with E-state index in [0.29, 0.717) is 17.1 Å². The minimum absolute atomic E-state index is 0.177. The van der Waals surface area contributed by atoms with E-state index in [2.05, 4.69) is 4.90 Å². The largest absolute Gasteiger partial charge is 0.393 e. The van der Waals surface area contributed by atoms with Crippen molar-refractivity contribution in [1.82, 2.24) is 4.90 Å². The van der Waals surface area contributed by atoms with Gasteiger partial charge in [0.1, 0.15) is 0 Å². The van der Waals surface area contributed by atoms with Gasteiger partial charge >= 0.3 is 0 Å². The van der Waals surface area contributed by atoms with E-state index in [9.17, 15) is 4.79 Å². The van der Waals surface area contributed by atoms with Crippen molar-refractivity contribution in [2.45, 2.75) is 83.2 Å². The Morgan fingerprint density at radius 2 is 1.40 bits per heavy atom. The Hall–Kier alpha value is -0.640. The van der Waals surface area contributed by atoms with E-state index in [4.69, 9.17) is 18.0 Å². The first-order chi connectivity index (χ1) is 9.61. The quantitative estimate of drug-likeness (QED) is 0.809. The molecule has 1 atom stereocenters. The first-order valence-electron chi connectivity index (χ1n) is 8.22. The molecule has 2 saturated carbocycles. The predicted octanol–water partition coefficient (Wildman–Crippen LogP) is 3.40. The molecule has 4 heteroatoms. The fourth-order valence-electron chi connectivity index (χ4n) is 3.72. The molecule has 2 aliphatic rings. The van der Waals surface area contributed by atoms with Crippen LogP contribution in [-0.4, -0.2) is 27.9 Å². The summed E-state index contributed by atoms with van der Waals surface area (Å²) in [5.41, 5.74) is 5.72. The highest BCUT2D eigenvalue weighted by atomic mass is 32.1. The van der Waals surface area contributed by atoms with Gasteiger partial charge in [-0.1, -0.05) is 50.7 Å². The summed E-state index contributed by atoms with van der Waals surface area (Å²) in [5.74, 6) is -0.134. The Balaban J connectivity index is 2.13. The van der Waals surface area contributed by atoms with Gasteiger partial charge in [-0.3, -0.25) is 4.79 Å². The van der Waals surface area contributed by atoms with Crippen LogP contribution >= 0.6 is 12.2 Å². The molecule has 20 heavy (non-hydrogen) atoms. The van der Waals surface area contributed by atoms with Gasteiger partial charge in [0.25, 0.3) is 0 Å². The van der Waals surface area contributed by atoms with E-state index in [-0.39, 0.29) is 11.8 Å². The van der Waals surface area contributed by atoms with Crippen LogP contribution in [0.4, 0.5) is 0 Å². The van der Waals surface area contributed by atoms with Crippen LogP contribution in [-0.2, 0) is 4.79 Å². The highest BCUT2D eigenvalue weighted by Crippen LogP contribution is 2.31. The maximum Gasteiger partial charge on any atom is 0.232 e. The van der Waals surface area contributed by atoms with Gasteiger partial charge in [0.15, 0.2) is 0 Å². The molecule has 2 N–H and O–H groups in total. The number of nitrogens with two attached hydrogens (primary N) is 1. The van der Waals surface area contributed by atoms with Crippen LogP contribution in [0.1, 0.15) is 71.1 Å². The average Bonchev–Trinajstić information content (AvgIpc) is 2.48. The monoisotopic (exact) mass is 296 g/mol. The minimum atomic E-state index is -0.311. The Kier molecular flexibility index (Phi) is 5.82. The van der Waals surface area contributed by atoms with Crippen molar-refractivity contribution < 1.29 is 4.79 Å². The Bertz CT molecular complexity index is 328. The number of nitrogens with zero attached hydrogens (tertiary/aromatic N) is 1. The second kappa shape index (κ2) is 7.39. The molecule has 0 aromatic heterocycles. The van der Waals surface area contributed by atoms with Crippen molar-refractivity contribution in [3.05, 3.63) is 0 Å². The van der Waals surface area contributed by atoms with Crippen molar-refractivity contribution in [1.29, 1.82) is 0 Å². The van der Waals surface area contributed by atoms with Gasteiger partial charge in [-0.05, 0) is 32.6 Å². The SMILES string of the molecule is CC(C(=O)N(C1CCCCC1)C1CCCCC1)C(N)=S. The lowest BCUT2D eigenvalue weighted by molar-refractivity contribution is -0.139. The van der Waals surface area contributed by atoms with E-state index < -0.39 is 0 Å². The van der Waals surface area contributed by atoms with Gasteiger partial charge in [0.2, 0.25) is 5.91 Å². The summed E-state index contributed by atoms with van der Waals surface area (Å²) < 4.78 is 0. The summed E-state index contributed by atoms with van der Waals surface area (Å²) in [6.45, 7) is 1.86. The third-order valence-corrected chi connectivity index (χ3v) is 5.34. The van der Waals surface area contributed by atoms with Gasteiger partial charge in [0.05, 0.1) is 10.9 Å². The van der Waals surface area contributed by atoms with Crippen molar-refractivity contribution in [3.8, 4) is 0 Å². The molecule has 2 rings (SSSR count). The molecular formula is C16H28N2OS. The first-order valence-corrected chi connectivity index (χ1v) is 8.63. The van der Waals surface area contributed by atoms with Gasteiger partial charge in [0, 0.05) is 12.1 Å². The van der Waals surface area contributed by atoms with Crippen molar-refractivity contribution in [3.63, 3.8) is 0 Å². The first kappa shape index (κ1) is 15.7. The maximum absolute atomic E-state index is 12.8. The molecule has 1 amide bonds. The normalized spacial score (nSPS) is 23.2. The molecule has 0 aromatic rings. The topological polar surface area (TPSA) is 46.3 Å². The molecule has 0 radical (unpaired) electrons. The van der Waals surface area contributed by atoms with E-state index in [0.717, 1.165) is 25.7 Å². The Morgan fingerprint density at radius 3 is 1.75 bits per heavy atom. The highest BCUT2D eigenvalue weighted by Gasteiger charge is 2.35. The molecule has 1 unspecified atom stereocenters. The highest BCUT2D eigenvalue weighted by molar-refractivity contribution is 7.80.